The number of hydrogen-bond acceptors (Lipinski definition) is 5. The molecule has 0 bridgehead atoms. The van der Waals surface area contributed by atoms with Crippen LogP contribution in [0.3, 0.4) is 0 Å². The molecule has 6 heteroatoms. The molecule has 1 aliphatic rings. The van der Waals surface area contributed by atoms with Gasteiger partial charge in [0.1, 0.15) is 0 Å². The van der Waals surface area contributed by atoms with Gasteiger partial charge in [-0.3, -0.25) is 4.79 Å². The van der Waals surface area contributed by atoms with Crippen molar-refractivity contribution in [3.05, 3.63) is 29.8 Å². The quantitative estimate of drug-likeness (QED) is 0.751. The summed E-state index contributed by atoms with van der Waals surface area (Å²) in [6.07, 6.45) is 4.98. The third-order valence-electron chi connectivity index (χ3n) is 3.82. The molecule has 0 unspecified atom stereocenters. The number of amides is 1. The Labute approximate surface area is 147 Å². The first-order valence-electron chi connectivity index (χ1n) is 8.02. The number of carbonyl (C=O) groups is 1. The third kappa shape index (κ3) is 6.75. The van der Waals surface area contributed by atoms with Crippen LogP contribution in [0.4, 0.5) is 5.69 Å². The number of nitrogens with one attached hydrogen (secondary N) is 1. The van der Waals surface area contributed by atoms with E-state index in [4.69, 9.17) is 10.5 Å². The average molecular weight is 355 g/mol. The van der Waals surface area contributed by atoms with Crippen LogP contribution in [-0.4, -0.2) is 42.4 Å². The Bertz CT molecular complexity index is 493. The lowest BCUT2D eigenvalue weighted by Crippen LogP contribution is -2.36. The van der Waals surface area contributed by atoms with E-state index in [1.807, 2.05) is 36.2 Å². The summed E-state index contributed by atoms with van der Waals surface area (Å²) >= 11 is 3.68. The van der Waals surface area contributed by atoms with Crippen molar-refractivity contribution in [2.45, 2.75) is 36.3 Å². The number of anilines is 1. The van der Waals surface area contributed by atoms with E-state index < -0.39 is 6.04 Å². The zero-order valence-electron chi connectivity index (χ0n) is 13.6. The van der Waals surface area contributed by atoms with Crippen LogP contribution in [0.5, 0.6) is 0 Å². The molecule has 0 radical (unpaired) electrons. The minimum absolute atomic E-state index is 0.103. The predicted molar refractivity (Wildman–Crippen MR) is 101 cm³/mol. The third-order valence-corrected chi connectivity index (χ3v) is 5.91. The van der Waals surface area contributed by atoms with Crippen molar-refractivity contribution in [1.29, 1.82) is 0 Å². The van der Waals surface area contributed by atoms with Gasteiger partial charge in [0.05, 0.1) is 6.04 Å². The Kier molecular flexibility index (Phi) is 8.30. The number of benzene rings is 1. The molecule has 4 nitrogen and oxygen atoms in total. The van der Waals surface area contributed by atoms with Gasteiger partial charge in [-0.1, -0.05) is 12.1 Å². The van der Waals surface area contributed by atoms with E-state index in [0.29, 0.717) is 11.7 Å². The van der Waals surface area contributed by atoms with Crippen molar-refractivity contribution in [3.8, 4) is 0 Å². The summed E-state index contributed by atoms with van der Waals surface area (Å²) in [5.41, 5.74) is 7.97. The van der Waals surface area contributed by atoms with E-state index in [2.05, 4.69) is 11.4 Å². The van der Waals surface area contributed by atoms with Gasteiger partial charge in [0.2, 0.25) is 5.91 Å². The molecule has 1 aromatic rings. The summed E-state index contributed by atoms with van der Waals surface area (Å²) in [5.74, 6) is 1.76. The van der Waals surface area contributed by atoms with Crippen LogP contribution < -0.4 is 11.1 Å². The maximum Gasteiger partial charge on any atom is 0.241 e. The van der Waals surface area contributed by atoms with Crippen LogP contribution in [0.15, 0.2) is 24.3 Å². The van der Waals surface area contributed by atoms with Gasteiger partial charge in [-0.2, -0.15) is 23.5 Å². The van der Waals surface area contributed by atoms with Crippen molar-refractivity contribution in [2.24, 2.45) is 5.73 Å². The van der Waals surface area contributed by atoms with Gasteiger partial charge < -0.3 is 15.8 Å². The molecule has 1 amide bonds. The molecule has 0 saturated carbocycles. The van der Waals surface area contributed by atoms with Crippen LogP contribution >= 0.6 is 23.5 Å². The molecular formula is C17H26N2O2S2. The molecule has 0 aliphatic carbocycles. The maximum atomic E-state index is 12.1. The fraction of sp³-hybridized carbons (Fsp3) is 0.588. The van der Waals surface area contributed by atoms with E-state index >= 15 is 0 Å². The lowest BCUT2D eigenvalue weighted by Gasteiger charge is -2.21. The van der Waals surface area contributed by atoms with E-state index in [0.717, 1.165) is 43.2 Å². The van der Waals surface area contributed by atoms with Gasteiger partial charge in [0.25, 0.3) is 0 Å². The SMILES string of the molecule is CSCC[C@H](N)C(=O)Nc1cccc(CSC2CCOCC2)c1. The highest BCUT2D eigenvalue weighted by Gasteiger charge is 2.15. The first-order chi connectivity index (χ1) is 11.2. The van der Waals surface area contributed by atoms with Gasteiger partial charge >= 0.3 is 0 Å². The summed E-state index contributed by atoms with van der Waals surface area (Å²) in [4.78, 5) is 12.1. The van der Waals surface area contributed by atoms with Crippen LogP contribution in [0.1, 0.15) is 24.8 Å². The predicted octanol–water partition coefficient (Wildman–Crippen LogP) is 3.12. The number of hydrogen-bond donors (Lipinski definition) is 2. The van der Waals surface area contributed by atoms with E-state index in [1.165, 1.54) is 5.56 Å². The van der Waals surface area contributed by atoms with Gasteiger partial charge in [0.15, 0.2) is 0 Å². The summed E-state index contributed by atoms with van der Waals surface area (Å²) in [6.45, 7) is 1.75. The second-order valence-corrected chi connectivity index (χ2v) is 7.97. The Morgan fingerprint density at radius 1 is 1.43 bits per heavy atom. The Balaban J connectivity index is 1.82. The monoisotopic (exact) mass is 354 g/mol. The number of ether oxygens (including phenoxy) is 1. The first-order valence-corrected chi connectivity index (χ1v) is 10.5. The lowest BCUT2D eigenvalue weighted by molar-refractivity contribution is -0.117. The number of carbonyl (C=O) groups excluding carboxylic acids is 1. The second kappa shape index (κ2) is 10.2. The fourth-order valence-electron chi connectivity index (χ4n) is 2.41. The van der Waals surface area contributed by atoms with Crippen molar-refractivity contribution in [1.82, 2.24) is 0 Å². The highest BCUT2D eigenvalue weighted by atomic mass is 32.2. The van der Waals surface area contributed by atoms with E-state index in [9.17, 15) is 4.79 Å². The molecule has 23 heavy (non-hydrogen) atoms. The minimum atomic E-state index is -0.442. The number of rotatable bonds is 8. The average Bonchev–Trinajstić information content (AvgIpc) is 2.59. The summed E-state index contributed by atoms with van der Waals surface area (Å²) in [5, 5.41) is 3.61. The Morgan fingerprint density at radius 3 is 2.96 bits per heavy atom. The largest absolute Gasteiger partial charge is 0.381 e. The minimum Gasteiger partial charge on any atom is -0.381 e. The molecule has 3 N–H and O–H groups in total. The summed E-state index contributed by atoms with van der Waals surface area (Å²) < 4.78 is 5.39. The van der Waals surface area contributed by atoms with Crippen LogP contribution in [0, 0.1) is 0 Å². The molecule has 1 aliphatic heterocycles. The van der Waals surface area contributed by atoms with Crippen LogP contribution in [0.25, 0.3) is 0 Å². The smallest absolute Gasteiger partial charge is 0.241 e. The number of nitrogens with two attached hydrogens (primary N) is 1. The van der Waals surface area contributed by atoms with Crippen LogP contribution in [-0.2, 0) is 15.3 Å². The highest BCUT2D eigenvalue weighted by molar-refractivity contribution is 7.99. The fourth-order valence-corrected chi connectivity index (χ4v) is 4.03. The zero-order chi connectivity index (χ0) is 16.5. The molecule has 1 saturated heterocycles. The van der Waals surface area contributed by atoms with Crippen LogP contribution in [0.2, 0.25) is 0 Å². The first kappa shape index (κ1) is 18.6. The van der Waals surface area contributed by atoms with Crippen molar-refractivity contribution < 1.29 is 9.53 Å². The maximum absolute atomic E-state index is 12.1. The van der Waals surface area contributed by atoms with Gasteiger partial charge in [-0.15, -0.1) is 0 Å². The summed E-state index contributed by atoms with van der Waals surface area (Å²) in [6, 6.07) is 7.62. The molecule has 1 fully saturated rings. The molecule has 0 aromatic heterocycles. The Morgan fingerprint density at radius 2 is 2.22 bits per heavy atom. The molecular weight excluding hydrogens is 328 g/mol. The van der Waals surface area contributed by atoms with Gasteiger partial charge in [0, 0.05) is 29.9 Å². The second-order valence-electron chi connectivity index (χ2n) is 5.70. The van der Waals surface area contributed by atoms with E-state index in [1.54, 1.807) is 11.8 Å². The van der Waals surface area contributed by atoms with Crippen molar-refractivity contribution in [2.75, 3.05) is 30.5 Å². The highest BCUT2D eigenvalue weighted by Crippen LogP contribution is 2.26. The van der Waals surface area contributed by atoms with Crippen molar-refractivity contribution in [3.63, 3.8) is 0 Å². The lowest BCUT2D eigenvalue weighted by atomic mass is 10.2. The molecule has 0 spiro atoms. The van der Waals surface area contributed by atoms with Gasteiger partial charge in [-0.05, 0) is 49.0 Å². The van der Waals surface area contributed by atoms with Crippen molar-refractivity contribution >= 4 is 35.1 Å². The Hall–Kier alpha value is -0.690. The molecule has 1 atom stereocenters. The molecule has 2 rings (SSSR count). The normalized spacial score (nSPS) is 17.0. The zero-order valence-corrected chi connectivity index (χ0v) is 15.3. The number of thioether (sulfide) groups is 2. The molecule has 1 aromatic carbocycles. The summed E-state index contributed by atoms with van der Waals surface area (Å²) in [7, 11) is 0. The van der Waals surface area contributed by atoms with Gasteiger partial charge in [-0.25, -0.2) is 0 Å². The standard InChI is InChI=1S/C17H26N2O2S2/c1-22-10-7-16(18)17(20)19-14-4-2-3-13(11-14)12-23-15-5-8-21-9-6-15/h2-4,11,15-16H,5-10,12,18H2,1H3,(H,19,20)/t16-/m0/s1. The van der Waals surface area contributed by atoms with E-state index in [-0.39, 0.29) is 5.91 Å². The topological polar surface area (TPSA) is 64.4 Å². The molecule has 1 heterocycles. The molecule has 128 valence electrons.